The van der Waals surface area contributed by atoms with E-state index >= 15 is 0 Å². The Balaban J connectivity index is 2.00. The lowest BCUT2D eigenvalue weighted by Gasteiger charge is -2.23. The monoisotopic (exact) mass is 374 g/mol. The SMILES string of the molecule is CCCN(Cc1csc(COc2ccccc2C(C)C)n1)C(=O)C(C)C. The molecule has 1 aromatic heterocycles. The van der Waals surface area contributed by atoms with Crippen molar-refractivity contribution in [3.05, 3.63) is 45.9 Å². The number of hydrogen-bond donors (Lipinski definition) is 0. The molecule has 0 saturated heterocycles. The van der Waals surface area contributed by atoms with Crippen LogP contribution in [0.1, 0.15) is 63.2 Å². The third kappa shape index (κ3) is 5.56. The first-order chi connectivity index (χ1) is 12.4. The zero-order chi connectivity index (χ0) is 19.1. The summed E-state index contributed by atoms with van der Waals surface area (Å²) in [5.41, 5.74) is 2.15. The standard InChI is InChI=1S/C21H30N2O2S/c1-6-11-23(21(24)16(4)5)12-17-14-26-20(22-17)13-25-19-10-8-7-9-18(19)15(2)3/h7-10,14-16H,6,11-13H2,1-5H3. The Hall–Kier alpha value is -1.88. The molecule has 0 atom stereocenters. The molecule has 0 fully saturated rings. The molecule has 0 aliphatic rings. The van der Waals surface area contributed by atoms with E-state index in [1.54, 1.807) is 11.3 Å². The van der Waals surface area contributed by atoms with Gasteiger partial charge in [0.2, 0.25) is 5.91 Å². The van der Waals surface area contributed by atoms with E-state index in [9.17, 15) is 4.79 Å². The van der Waals surface area contributed by atoms with E-state index in [2.05, 4.69) is 31.8 Å². The van der Waals surface area contributed by atoms with Crippen molar-refractivity contribution in [3.63, 3.8) is 0 Å². The molecule has 26 heavy (non-hydrogen) atoms. The summed E-state index contributed by atoms with van der Waals surface area (Å²) < 4.78 is 6.00. The van der Waals surface area contributed by atoms with Gasteiger partial charge in [-0.1, -0.05) is 52.8 Å². The molecule has 1 heterocycles. The van der Waals surface area contributed by atoms with Crippen LogP contribution >= 0.6 is 11.3 Å². The first kappa shape index (κ1) is 20.4. The topological polar surface area (TPSA) is 42.4 Å². The fourth-order valence-electron chi connectivity index (χ4n) is 2.81. The molecule has 0 saturated carbocycles. The van der Waals surface area contributed by atoms with Gasteiger partial charge < -0.3 is 9.64 Å². The molecule has 0 unspecified atom stereocenters. The van der Waals surface area contributed by atoms with Crippen LogP contribution in [-0.4, -0.2) is 22.3 Å². The van der Waals surface area contributed by atoms with Crippen molar-refractivity contribution in [1.82, 2.24) is 9.88 Å². The van der Waals surface area contributed by atoms with Crippen LogP contribution in [-0.2, 0) is 17.9 Å². The first-order valence-electron chi connectivity index (χ1n) is 9.36. The van der Waals surface area contributed by atoms with Crippen LogP contribution in [0.3, 0.4) is 0 Å². The van der Waals surface area contributed by atoms with E-state index in [4.69, 9.17) is 4.74 Å². The highest BCUT2D eigenvalue weighted by molar-refractivity contribution is 7.09. The average Bonchev–Trinajstić information content (AvgIpc) is 3.06. The van der Waals surface area contributed by atoms with E-state index in [0.717, 1.165) is 29.4 Å². The molecule has 2 aromatic rings. The average molecular weight is 375 g/mol. The number of aromatic nitrogens is 1. The number of amides is 1. The van der Waals surface area contributed by atoms with E-state index in [-0.39, 0.29) is 11.8 Å². The molecular weight excluding hydrogens is 344 g/mol. The van der Waals surface area contributed by atoms with Crippen molar-refractivity contribution in [3.8, 4) is 5.75 Å². The van der Waals surface area contributed by atoms with Gasteiger partial charge in [-0.25, -0.2) is 4.98 Å². The molecule has 0 radical (unpaired) electrons. The first-order valence-corrected chi connectivity index (χ1v) is 10.2. The summed E-state index contributed by atoms with van der Waals surface area (Å²) in [7, 11) is 0. The highest BCUT2D eigenvalue weighted by Crippen LogP contribution is 2.27. The van der Waals surface area contributed by atoms with Crippen molar-refractivity contribution in [2.24, 2.45) is 5.92 Å². The van der Waals surface area contributed by atoms with Crippen LogP contribution in [0.5, 0.6) is 5.75 Å². The summed E-state index contributed by atoms with van der Waals surface area (Å²) in [6.45, 7) is 12.1. The molecule has 0 N–H and O–H groups in total. The minimum atomic E-state index is 0.00974. The van der Waals surface area contributed by atoms with Crippen LogP contribution in [0.2, 0.25) is 0 Å². The number of carbonyl (C=O) groups excluding carboxylic acids is 1. The summed E-state index contributed by atoms with van der Waals surface area (Å²) in [4.78, 5) is 18.9. The van der Waals surface area contributed by atoms with E-state index in [1.165, 1.54) is 5.56 Å². The molecule has 1 amide bonds. The van der Waals surface area contributed by atoms with Crippen LogP contribution in [0.25, 0.3) is 0 Å². The summed E-state index contributed by atoms with van der Waals surface area (Å²) in [6, 6.07) is 8.15. The predicted molar refractivity (Wildman–Crippen MR) is 108 cm³/mol. The van der Waals surface area contributed by atoms with Gasteiger partial charge in [-0.15, -0.1) is 11.3 Å². The van der Waals surface area contributed by atoms with Gasteiger partial charge in [0, 0.05) is 17.8 Å². The van der Waals surface area contributed by atoms with Crippen molar-refractivity contribution < 1.29 is 9.53 Å². The number of nitrogens with zero attached hydrogens (tertiary/aromatic N) is 2. The number of carbonyl (C=O) groups is 1. The van der Waals surface area contributed by atoms with Gasteiger partial charge in [0.05, 0.1) is 12.2 Å². The molecular formula is C21H30N2O2S. The number of thiazole rings is 1. The van der Waals surface area contributed by atoms with Crippen molar-refractivity contribution in [2.45, 2.75) is 60.1 Å². The maximum Gasteiger partial charge on any atom is 0.225 e. The summed E-state index contributed by atoms with van der Waals surface area (Å²) in [5, 5.41) is 2.97. The molecule has 2 rings (SSSR count). The third-order valence-corrected chi connectivity index (χ3v) is 5.01. The molecule has 0 bridgehead atoms. The van der Waals surface area contributed by atoms with Crippen molar-refractivity contribution in [1.29, 1.82) is 0 Å². The van der Waals surface area contributed by atoms with Gasteiger partial charge in [0.15, 0.2) is 0 Å². The summed E-state index contributed by atoms with van der Waals surface area (Å²) >= 11 is 1.59. The lowest BCUT2D eigenvalue weighted by molar-refractivity contribution is -0.135. The Bertz CT molecular complexity index is 710. The van der Waals surface area contributed by atoms with Gasteiger partial charge in [-0.05, 0) is 24.0 Å². The Kier molecular flexibility index (Phi) is 7.64. The fraction of sp³-hybridized carbons (Fsp3) is 0.524. The van der Waals surface area contributed by atoms with Gasteiger partial charge in [0.25, 0.3) is 0 Å². The number of benzene rings is 1. The molecule has 142 valence electrons. The van der Waals surface area contributed by atoms with Crippen molar-refractivity contribution >= 4 is 17.2 Å². The molecule has 0 aliphatic carbocycles. The van der Waals surface area contributed by atoms with Gasteiger partial charge in [-0.2, -0.15) is 0 Å². The molecule has 0 aliphatic heterocycles. The second-order valence-electron chi connectivity index (χ2n) is 7.13. The van der Waals surface area contributed by atoms with E-state index in [1.807, 2.05) is 42.3 Å². The Morgan fingerprint density at radius 1 is 1.23 bits per heavy atom. The normalized spacial score (nSPS) is 11.2. The summed E-state index contributed by atoms with van der Waals surface area (Å²) in [5.74, 6) is 1.53. The van der Waals surface area contributed by atoms with Gasteiger partial charge >= 0.3 is 0 Å². The second kappa shape index (κ2) is 9.72. The fourth-order valence-corrected chi connectivity index (χ4v) is 3.51. The van der Waals surface area contributed by atoms with Crippen LogP contribution in [0.4, 0.5) is 0 Å². The lowest BCUT2D eigenvalue weighted by Crippen LogP contribution is -2.34. The zero-order valence-electron chi connectivity index (χ0n) is 16.5. The van der Waals surface area contributed by atoms with E-state index in [0.29, 0.717) is 19.1 Å². The van der Waals surface area contributed by atoms with Crippen LogP contribution in [0, 0.1) is 5.92 Å². The Morgan fingerprint density at radius 3 is 2.62 bits per heavy atom. The Labute approximate surface area is 161 Å². The largest absolute Gasteiger partial charge is 0.486 e. The molecule has 1 aromatic carbocycles. The van der Waals surface area contributed by atoms with Gasteiger partial charge in [0.1, 0.15) is 17.4 Å². The lowest BCUT2D eigenvalue weighted by atomic mass is 10.0. The predicted octanol–water partition coefficient (Wildman–Crippen LogP) is 5.24. The minimum absolute atomic E-state index is 0.00974. The Morgan fingerprint density at radius 2 is 1.96 bits per heavy atom. The minimum Gasteiger partial charge on any atom is -0.486 e. The van der Waals surface area contributed by atoms with E-state index < -0.39 is 0 Å². The number of ether oxygens (including phenoxy) is 1. The number of rotatable bonds is 9. The van der Waals surface area contributed by atoms with Crippen LogP contribution in [0.15, 0.2) is 29.6 Å². The smallest absolute Gasteiger partial charge is 0.225 e. The molecule has 5 heteroatoms. The van der Waals surface area contributed by atoms with Crippen LogP contribution < -0.4 is 4.74 Å². The maximum atomic E-state index is 12.3. The molecule has 0 spiro atoms. The summed E-state index contributed by atoms with van der Waals surface area (Å²) in [6.07, 6.45) is 0.949. The highest BCUT2D eigenvalue weighted by Gasteiger charge is 2.18. The zero-order valence-corrected chi connectivity index (χ0v) is 17.3. The number of para-hydroxylation sites is 1. The quantitative estimate of drug-likeness (QED) is 0.603. The molecule has 4 nitrogen and oxygen atoms in total. The number of hydrogen-bond acceptors (Lipinski definition) is 4. The second-order valence-corrected chi connectivity index (χ2v) is 8.07. The van der Waals surface area contributed by atoms with Crippen molar-refractivity contribution in [2.75, 3.05) is 6.54 Å². The third-order valence-electron chi connectivity index (χ3n) is 4.14. The van der Waals surface area contributed by atoms with Gasteiger partial charge in [-0.3, -0.25) is 4.79 Å². The highest BCUT2D eigenvalue weighted by atomic mass is 32.1. The maximum absolute atomic E-state index is 12.3.